The van der Waals surface area contributed by atoms with Crippen molar-refractivity contribution in [3.05, 3.63) is 48.1 Å². The molecule has 2 unspecified atom stereocenters. The van der Waals surface area contributed by atoms with Gasteiger partial charge in [0.05, 0.1) is 0 Å². The minimum absolute atomic E-state index is 0.0162. The minimum Gasteiger partial charge on any atom is -0.458 e. The summed E-state index contributed by atoms with van der Waals surface area (Å²) in [6.07, 6.45) is 14.3. The number of esters is 1. The van der Waals surface area contributed by atoms with E-state index in [0.29, 0.717) is 0 Å². The summed E-state index contributed by atoms with van der Waals surface area (Å²) in [6.45, 7) is 9.35. The lowest BCUT2D eigenvalue weighted by Gasteiger charge is -2.46. The SMILES string of the molecule is CC1=C[C@@H](C)C2C3C(=O)C(Cl)(Cl)C(=O)[C@H](C)C(=O)O[C@@H](C)/C=C/C=C\[C@@H](C)[C@@H]3C=C[C@@H]2C1. The first-order valence-electron chi connectivity index (χ1n) is 11.3. The third-order valence-electron chi connectivity index (χ3n) is 7.10. The van der Waals surface area contributed by atoms with E-state index in [4.69, 9.17) is 27.9 Å². The van der Waals surface area contributed by atoms with E-state index >= 15 is 0 Å². The number of hydrogen-bond acceptors (Lipinski definition) is 4. The fraction of sp³-hybridized carbons (Fsp3) is 0.577. The number of carbonyl (C=O) groups excluding carboxylic acids is 3. The van der Waals surface area contributed by atoms with Crippen molar-refractivity contribution in [2.45, 2.75) is 51.5 Å². The van der Waals surface area contributed by atoms with Crippen LogP contribution in [0.4, 0.5) is 0 Å². The summed E-state index contributed by atoms with van der Waals surface area (Å²) in [5, 5.41) is 0. The van der Waals surface area contributed by atoms with Crippen LogP contribution in [0.3, 0.4) is 0 Å². The van der Waals surface area contributed by atoms with Gasteiger partial charge >= 0.3 is 5.97 Å². The molecule has 174 valence electrons. The second kappa shape index (κ2) is 9.69. The van der Waals surface area contributed by atoms with E-state index in [2.05, 4.69) is 39.0 Å². The van der Waals surface area contributed by atoms with E-state index in [1.807, 2.05) is 18.2 Å². The standard InChI is InChI=1S/C26H32Cl2O4/c1-14-12-16(3)21-19(13-14)10-11-20-15(2)8-6-7-9-17(4)32-25(31)18(5)23(29)26(27,28)24(30)22(20)21/h6-12,15-22H,13H2,1-5H3/b8-6-,9-7+/t15-,16-,17+,18+,19-,20+,21?,22?/m1/s1. The highest BCUT2D eigenvalue weighted by Crippen LogP contribution is 2.50. The molecule has 8 atom stereocenters. The van der Waals surface area contributed by atoms with E-state index in [-0.39, 0.29) is 29.6 Å². The van der Waals surface area contributed by atoms with Gasteiger partial charge in [0.2, 0.25) is 4.33 Å². The molecule has 0 bridgehead atoms. The summed E-state index contributed by atoms with van der Waals surface area (Å²) in [7, 11) is 0. The number of allylic oxidation sites excluding steroid dienone is 7. The highest BCUT2D eigenvalue weighted by atomic mass is 35.5. The Morgan fingerprint density at radius 2 is 1.56 bits per heavy atom. The van der Waals surface area contributed by atoms with Gasteiger partial charge in [-0.2, -0.15) is 0 Å². The zero-order valence-electron chi connectivity index (χ0n) is 19.3. The van der Waals surface area contributed by atoms with Gasteiger partial charge in [0.25, 0.3) is 0 Å². The van der Waals surface area contributed by atoms with Crippen LogP contribution in [0, 0.1) is 41.4 Å². The Morgan fingerprint density at radius 1 is 0.906 bits per heavy atom. The first-order chi connectivity index (χ1) is 14.9. The molecule has 2 aliphatic carbocycles. The van der Waals surface area contributed by atoms with Crippen LogP contribution >= 0.6 is 23.2 Å². The monoisotopic (exact) mass is 478 g/mol. The van der Waals surface area contributed by atoms with Gasteiger partial charge < -0.3 is 4.74 Å². The van der Waals surface area contributed by atoms with Crippen LogP contribution < -0.4 is 0 Å². The number of halogens is 2. The van der Waals surface area contributed by atoms with Crippen molar-refractivity contribution in [2.75, 3.05) is 0 Å². The van der Waals surface area contributed by atoms with Crippen LogP contribution in [-0.2, 0) is 19.1 Å². The Hall–Kier alpha value is -1.65. The third kappa shape index (κ3) is 4.82. The summed E-state index contributed by atoms with van der Waals surface area (Å²) < 4.78 is 3.01. The molecule has 0 N–H and O–H groups in total. The molecule has 0 aromatic rings. The summed E-state index contributed by atoms with van der Waals surface area (Å²) in [6, 6.07) is 0. The molecule has 32 heavy (non-hydrogen) atoms. The number of cyclic esters (lactones) is 1. The Bertz CT molecular complexity index is 898. The van der Waals surface area contributed by atoms with Gasteiger partial charge in [-0.15, -0.1) is 0 Å². The van der Waals surface area contributed by atoms with E-state index in [0.717, 1.165) is 6.42 Å². The predicted octanol–water partition coefficient (Wildman–Crippen LogP) is 5.65. The van der Waals surface area contributed by atoms with Crippen molar-refractivity contribution >= 4 is 40.7 Å². The Kier molecular flexibility index (Phi) is 7.56. The highest BCUT2D eigenvalue weighted by Gasteiger charge is 2.55. The third-order valence-corrected chi connectivity index (χ3v) is 7.85. The van der Waals surface area contributed by atoms with Gasteiger partial charge in [0.15, 0.2) is 11.6 Å². The van der Waals surface area contributed by atoms with Gasteiger partial charge in [-0.3, -0.25) is 14.4 Å². The van der Waals surface area contributed by atoms with Crippen LogP contribution in [0.1, 0.15) is 41.0 Å². The molecule has 0 aromatic heterocycles. The van der Waals surface area contributed by atoms with Gasteiger partial charge in [0, 0.05) is 5.92 Å². The predicted molar refractivity (Wildman–Crippen MR) is 127 cm³/mol. The Labute approximate surface area is 200 Å². The summed E-state index contributed by atoms with van der Waals surface area (Å²) in [5.74, 6) is -3.74. The Balaban J connectivity index is 2.11. The quantitative estimate of drug-likeness (QED) is 0.195. The molecule has 0 radical (unpaired) electrons. The van der Waals surface area contributed by atoms with E-state index < -0.39 is 39.8 Å². The molecule has 0 spiro atoms. The molecular formula is C26H32Cl2O4. The van der Waals surface area contributed by atoms with E-state index in [1.54, 1.807) is 13.0 Å². The molecule has 0 saturated carbocycles. The van der Waals surface area contributed by atoms with Gasteiger partial charge in [-0.25, -0.2) is 0 Å². The molecule has 0 saturated heterocycles. The van der Waals surface area contributed by atoms with Gasteiger partial charge in [-0.1, -0.05) is 79.1 Å². The van der Waals surface area contributed by atoms with Crippen molar-refractivity contribution in [1.29, 1.82) is 0 Å². The smallest absolute Gasteiger partial charge is 0.316 e. The van der Waals surface area contributed by atoms with Crippen LogP contribution in [0.25, 0.3) is 0 Å². The van der Waals surface area contributed by atoms with Crippen LogP contribution in [0.5, 0.6) is 0 Å². The number of alkyl halides is 2. The zero-order valence-corrected chi connectivity index (χ0v) is 20.8. The molecule has 0 amide bonds. The average molecular weight is 479 g/mol. The lowest BCUT2D eigenvalue weighted by atomic mass is 9.58. The van der Waals surface area contributed by atoms with Crippen molar-refractivity contribution in [3.8, 4) is 0 Å². The summed E-state index contributed by atoms with van der Waals surface area (Å²) >= 11 is 13.0. The van der Waals surface area contributed by atoms with Crippen LogP contribution in [0.15, 0.2) is 48.1 Å². The number of hydrogen-bond donors (Lipinski definition) is 0. The number of rotatable bonds is 0. The van der Waals surface area contributed by atoms with Crippen molar-refractivity contribution in [1.82, 2.24) is 0 Å². The first kappa shape index (κ1) is 25.0. The maximum atomic E-state index is 13.9. The maximum absolute atomic E-state index is 13.9. The average Bonchev–Trinajstić information content (AvgIpc) is 2.73. The number of ether oxygens (including phenoxy) is 1. The molecule has 0 fully saturated rings. The molecule has 4 nitrogen and oxygen atoms in total. The Morgan fingerprint density at radius 3 is 2.25 bits per heavy atom. The number of fused-ring (bicyclic) bond motifs is 3. The van der Waals surface area contributed by atoms with Crippen molar-refractivity contribution in [2.24, 2.45) is 41.4 Å². The van der Waals surface area contributed by atoms with E-state index in [9.17, 15) is 14.4 Å². The molecule has 1 aliphatic heterocycles. The molecule has 0 aromatic carbocycles. The normalized spacial score (nSPS) is 42.1. The maximum Gasteiger partial charge on any atom is 0.316 e. The summed E-state index contributed by atoms with van der Waals surface area (Å²) in [5.41, 5.74) is 1.29. The molecule has 6 heteroatoms. The number of ketones is 2. The fourth-order valence-electron chi connectivity index (χ4n) is 5.44. The molecule has 3 rings (SSSR count). The topological polar surface area (TPSA) is 60.4 Å². The number of Topliss-reactive ketones (excluding diaryl/α,β-unsaturated/α-hetero) is 2. The largest absolute Gasteiger partial charge is 0.458 e. The van der Waals surface area contributed by atoms with Crippen molar-refractivity contribution < 1.29 is 19.1 Å². The van der Waals surface area contributed by atoms with Crippen LogP contribution in [0.2, 0.25) is 0 Å². The lowest BCUT2D eigenvalue weighted by molar-refractivity contribution is -0.154. The highest BCUT2D eigenvalue weighted by molar-refractivity contribution is 6.68. The second-order valence-electron chi connectivity index (χ2n) is 9.60. The molecule has 3 aliphatic rings. The van der Waals surface area contributed by atoms with Crippen molar-refractivity contribution in [3.63, 3.8) is 0 Å². The van der Waals surface area contributed by atoms with E-state index in [1.165, 1.54) is 12.5 Å². The number of carbonyl (C=O) groups is 3. The summed E-state index contributed by atoms with van der Waals surface area (Å²) in [4.78, 5) is 39.6. The zero-order chi connectivity index (χ0) is 23.8. The van der Waals surface area contributed by atoms with Crippen LogP contribution in [-0.4, -0.2) is 28.0 Å². The fourth-order valence-corrected chi connectivity index (χ4v) is 6.02. The molecule has 1 heterocycles. The minimum atomic E-state index is -2.32. The lowest BCUT2D eigenvalue weighted by Crippen LogP contribution is -2.52. The second-order valence-corrected chi connectivity index (χ2v) is 10.9. The molecular weight excluding hydrogens is 447 g/mol. The van der Waals surface area contributed by atoms with Gasteiger partial charge in [-0.05, 0) is 62.9 Å². The van der Waals surface area contributed by atoms with Gasteiger partial charge in [0.1, 0.15) is 12.0 Å². The first-order valence-corrected chi connectivity index (χ1v) is 12.1.